The van der Waals surface area contributed by atoms with E-state index in [9.17, 15) is 10.1 Å². The third-order valence-corrected chi connectivity index (χ3v) is 3.64. The van der Waals surface area contributed by atoms with Crippen LogP contribution in [0.25, 0.3) is 0 Å². The van der Waals surface area contributed by atoms with Gasteiger partial charge in [-0.2, -0.15) is 0 Å². The standard InChI is InChI=1S/C13H13BrN4O2/c1-8-7-9(3-4-10(8)14)16-13-11(18(19)20)5-6-12(15-2)17-13/h3-7H,1-2H3,(H2,15,16,17). The van der Waals surface area contributed by atoms with E-state index >= 15 is 0 Å². The first-order valence-corrected chi connectivity index (χ1v) is 6.67. The number of pyridine rings is 1. The second kappa shape index (κ2) is 5.87. The highest BCUT2D eigenvalue weighted by Gasteiger charge is 2.16. The molecule has 0 spiro atoms. The Balaban J connectivity index is 2.40. The van der Waals surface area contributed by atoms with Gasteiger partial charge in [0.1, 0.15) is 5.82 Å². The van der Waals surface area contributed by atoms with Gasteiger partial charge in [-0.25, -0.2) is 4.98 Å². The summed E-state index contributed by atoms with van der Waals surface area (Å²) < 4.78 is 0.981. The molecule has 0 fully saturated rings. The van der Waals surface area contributed by atoms with Crippen molar-refractivity contribution in [1.82, 2.24) is 4.98 Å². The zero-order chi connectivity index (χ0) is 14.7. The van der Waals surface area contributed by atoms with Gasteiger partial charge in [0.15, 0.2) is 0 Å². The smallest absolute Gasteiger partial charge is 0.311 e. The maximum atomic E-state index is 11.0. The van der Waals surface area contributed by atoms with Crippen molar-refractivity contribution >= 4 is 38.9 Å². The van der Waals surface area contributed by atoms with E-state index in [4.69, 9.17) is 0 Å². The molecule has 0 unspecified atom stereocenters. The van der Waals surface area contributed by atoms with Crippen LogP contribution in [0.1, 0.15) is 5.56 Å². The molecule has 1 heterocycles. The maximum absolute atomic E-state index is 11.0. The predicted octanol–water partition coefficient (Wildman–Crippen LogP) is 3.85. The molecule has 0 aliphatic rings. The van der Waals surface area contributed by atoms with E-state index in [2.05, 4.69) is 31.5 Å². The second-order valence-corrected chi connectivity index (χ2v) is 5.01. The molecule has 2 N–H and O–H groups in total. The van der Waals surface area contributed by atoms with Crippen LogP contribution < -0.4 is 10.6 Å². The average molecular weight is 337 g/mol. The summed E-state index contributed by atoms with van der Waals surface area (Å²) in [7, 11) is 1.71. The number of nitrogens with zero attached hydrogens (tertiary/aromatic N) is 2. The summed E-state index contributed by atoms with van der Waals surface area (Å²) in [5, 5.41) is 16.9. The monoisotopic (exact) mass is 336 g/mol. The van der Waals surface area contributed by atoms with Gasteiger partial charge in [0.2, 0.25) is 5.82 Å². The summed E-state index contributed by atoms with van der Waals surface area (Å²) in [6.07, 6.45) is 0. The normalized spacial score (nSPS) is 10.2. The van der Waals surface area contributed by atoms with Crippen LogP contribution in [0.2, 0.25) is 0 Å². The van der Waals surface area contributed by atoms with Crippen LogP contribution in [0.3, 0.4) is 0 Å². The van der Waals surface area contributed by atoms with Gasteiger partial charge < -0.3 is 10.6 Å². The van der Waals surface area contributed by atoms with E-state index in [0.717, 1.165) is 15.7 Å². The minimum Gasteiger partial charge on any atom is -0.373 e. The molecule has 1 aromatic heterocycles. The molecule has 0 aliphatic heterocycles. The van der Waals surface area contributed by atoms with Gasteiger partial charge in [0, 0.05) is 23.3 Å². The molecule has 20 heavy (non-hydrogen) atoms. The van der Waals surface area contributed by atoms with Crippen LogP contribution in [0.4, 0.5) is 23.0 Å². The average Bonchev–Trinajstić information content (AvgIpc) is 2.42. The van der Waals surface area contributed by atoms with Crippen molar-refractivity contribution in [3.8, 4) is 0 Å². The topological polar surface area (TPSA) is 80.1 Å². The Labute approximate surface area is 124 Å². The minimum atomic E-state index is -0.458. The van der Waals surface area contributed by atoms with E-state index in [0.29, 0.717) is 5.82 Å². The summed E-state index contributed by atoms with van der Waals surface area (Å²) in [5.41, 5.74) is 1.71. The van der Waals surface area contributed by atoms with Gasteiger partial charge in [-0.1, -0.05) is 15.9 Å². The maximum Gasteiger partial charge on any atom is 0.311 e. The van der Waals surface area contributed by atoms with Crippen LogP contribution in [0, 0.1) is 17.0 Å². The summed E-state index contributed by atoms with van der Waals surface area (Å²) in [5.74, 6) is 0.774. The second-order valence-electron chi connectivity index (χ2n) is 4.16. The van der Waals surface area contributed by atoms with Crippen LogP contribution in [-0.4, -0.2) is 17.0 Å². The number of nitrogens with one attached hydrogen (secondary N) is 2. The number of hydrogen-bond donors (Lipinski definition) is 2. The number of aryl methyl sites for hydroxylation is 1. The van der Waals surface area contributed by atoms with E-state index in [1.807, 2.05) is 25.1 Å². The van der Waals surface area contributed by atoms with Crippen molar-refractivity contribution in [3.05, 3.63) is 50.5 Å². The molecular formula is C13H13BrN4O2. The Bertz CT molecular complexity index is 661. The van der Waals surface area contributed by atoms with Crippen molar-refractivity contribution in [2.45, 2.75) is 6.92 Å². The van der Waals surface area contributed by atoms with Crippen molar-refractivity contribution in [2.24, 2.45) is 0 Å². The summed E-state index contributed by atoms with van der Waals surface area (Å²) >= 11 is 3.41. The largest absolute Gasteiger partial charge is 0.373 e. The molecular weight excluding hydrogens is 324 g/mol. The molecule has 2 rings (SSSR count). The van der Waals surface area contributed by atoms with Gasteiger partial charge in [0.25, 0.3) is 0 Å². The first-order valence-electron chi connectivity index (χ1n) is 5.87. The van der Waals surface area contributed by atoms with Gasteiger partial charge in [-0.3, -0.25) is 10.1 Å². The highest BCUT2D eigenvalue weighted by atomic mass is 79.9. The number of nitro groups is 1. The first-order chi connectivity index (χ1) is 9.51. The van der Waals surface area contributed by atoms with Crippen molar-refractivity contribution < 1.29 is 4.92 Å². The van der Waals surface area contributed by atoms with Crippen LogP contribution in [0.5, 0.6) is 0 Å². The molecule has 6 nitrogen and oxygen atoms in total. The number of anilines is 3. The summed E-state index contributed by atoms with van der Waals surface area (Å²) in [6, 6.07) is 8.59. The van der Waals surface area contributed by atoms with Crippen LogP contribution in [0.15, 0.2) is 34.8 Å². The first kappa shape index (κ1) is 14.3. The molecule has 0 radical (unpaired) electrons. The molecule has 0 amide bonds. The SMILES string of the molecule is CNc1ccc([N+](=O)[O-])c(Nc2ccc(Br)c(C)c2)n1. The van der Waals surface area contributed by atoms with E-state index in [1.165, 1.54) is 6.07 Å². The summed E-state index contributed by atoms with van der Waals surface area (Å²) in [4.78, 5) is 14.8. The van der Waals surface area contributed by atoms with Gasteiger partial charge in [-0.05, 0) is 36.8 Å². The number of hydrogen-bond acceptors (Lipinski definition) is 5. The van der Waals surface area contributed by atoms with Gasteiger partial charge >= 0.3 is 5.69 Å². The quantitative estimate of drug-likeness (QED) is 0.654. The predicted molar refractivity (Wildman–Crippen MR) is 82.6 cm³/mol. The fourth-order valence-corrected chi connectivity index (χ4v) is 1.94. The number of benzene rings is 1. The lowest BCUT2D eigenvalue weighted by atomic mass is 10.2. The van der Waals surface area contributed by atoms with E-state index in [1.54, 1.807) is 13.1 Å². The lowest BCUT2D eigenvalue weighted by Gasteiger charge is -2.09. The van der Waals surface area contributed by atoms with Crippen molar-refractivity contribution in [1.29, 1.82) is 0 Å². The van der Waals surface area contributed by atoms with Gasteiger partial charge in [-0.15, -0.1) is 0 Å². The van der Waals surface area contributed by atoms with E-state index < -0.39 is 4.92 Å². The van der Waals surface area contributed by atoms with E-state index in [-0.39, 0.29) is 11.5 Å². The Kier molecular flexibility index (Phi) is 4.19. The minimum absolute atomic E-state index is 0.0652. The number of rotatable bonds is 4. The Morgan fingerprint density at radius 1 is 1.30 bits per heavy atom. The third-order valence-electron chi connectivity index (χ3n) is 2.75. The van der Waals surface area contributed by atoms with Crippen LogP contribution in [-0.2, 0) is 0 Å². The molecule has 0 saturated heterocycles. The fourth-order valence-electron chi connectivity index (χ4n) is 1.69. The highest BCUT2D eigenvalue weighted by molar-refractivity contribution is 9.10. The Hall–Kier alpha value is -2.15. The summed E-state index contributed by atoms with van der Waals surface area (Å²) in [6.45, 7) is 1.95. The molecule has 0 bridgehead atoms. The molecule has 0 atom stereocenters. The molecule has 104 valence electrons. The van der Waals surface area contributed by atoms with Crippen molar-refractivity contribution in [2.75, 3.05) is 17.7 Å². The number of halogens is 1. The molecule has 0 aliphatic carbocycles. The molecule has 2 aromatic rings. The van der Waals surface area contributed by atoms with Gasteiger partial charge in [0.05, 0.1) is 4.92 Å². The number of aromatic nitrogens is 1. The Morgan fingerprint density at radius 3 is 2.65 bits per heavy atom. The molecule has 0 saturated carbocycles. The van der Waals surface area contributed by atoms with Crippen molar-refractivity contribution in [3.63, 3.8) is 0 Å². The Morgan fingerprint density at radius 2 is 2.05 bits per heavy atom. The molecule has 7 heteroatoms. The lowest BCUT2D eigenvalue weighted by molar-refractivity contribution is -0.384. The molecule has 1 aromatic carbocycles. The lowest BCUT2D eigenvalue weighted by Crippen LogP contribution is -2.02. The fraction of sp³-hybridized carbons (Fsp3) is 0.154. The zero-order valence-corrected chi connectivity index (χ0v) is 12.6. The highest BCUT2D eigenvalue weighted by Crippen LogP contribution is 2.28. The zero-order valence-electron chi connectivity index (χ0n) is 11.0. The third kappa shape index (κ3) is 3.05. The van der Waals surface area contributed by atoms with Crippen LogP contribution >= 0.6 is 15.9 Å².